The van der Waals surface area contributed by atoms with E-state index in [0.29, 0.717) is 12.1 Å². The molecule has 1 aliphatic carbocycles. The van der Waals surface area contributed by atoms with Crippen LogP contribution in [0.25, 0.3) is 0 Å². The quantitative estimate of drug-likeness (QED) is 0.780. The molecular weight excluding hydrogens is 238 g/mol. The van der Waals surface area contributed by atoms with E-state index in [1.165, 1.54) is 0 Å². The Labute approximate surface area is 114 Å². The third-order valence-electron chi connectivity index (χ3n) is 3.50. The lowest BCUT2D eigenvalue weighted by Crippen LogP contribution is -2.21. The molecule has 19 heavy (non-hydrogen) atoms. The number of carbonyl (C=O) groups is 1. The van der Waals surface area contributed by atoms with Crippen LogP contribution in [0.1, 0.15) is 33.1 Å². The average Bonchev–Trinajstić information content (AvgIpc) is 2.75. The van der Waals surface area contributed by atoms with Crippen molar-refractivity contribution in [3.05, 3.63) is 24.3 Å². The zero-order chi connectivity index (χ0) is 13.8. The van der Waals surface area contributed by atoms with Crippen LogP contribution in [0.5, 0.6) is 0 Å². The molecule has 1 aliphatic rings. The molecule has 1 aromatic rings. The molecule has 1 amide bonds. The van der Waals surface area contributed by atoms with Gasteiger partial charge in [-0.05, 0) is 37.5 Å². The van der Waals surface area contributed by atoms with Gasteiger partial charge >= 0.3 is 0 Å². The zero-order valence-corrected chi connectivity index (χ0v) is 11.6. The maximum atomic E-state index is 11.7. The molecule has 104 valence electrons. The van der Waals surface area contributed by atoms with Crippen LogP contribution in [-0.4, -0.2) is 18.0 Å². The highest BCUT2D eigenvalue weighted by atomic mass is 16.1. The highest BCUT2D eigenvalue weighted by Gasteiger charge is 2.21. The van der Waals surface area contributed by atoms with Gasteiger partial charge in [0.05, 0.1) is 0 Å². The van der Waals surface area contributed by atoms with E-state index in [-0.39, 0.29) is 11.8 Å². The molecule has 2 unspecified atom stereocenters. The Kier molecular flexibility index (Phi) is 4.43. The van der Waals surface area contributed by atoms with Crippen molar-refractivity contribution in [2.45, 2.75) is 45.2 Å². The maximum Gasteiger partial charge on any atom is 0.226 e. The van der Waals surface area contributed by atoms with E-state index in [1.54, 1.807) is 0 Å². The number of carbonyl (C=O) groups excluding carboxylic acids is 1. The Bertz CT molecular complexity index is 445. The van der Waals surface area contributed by atoms with Crippen molar-refractivity contribution in [1.29, 1.82) is 0 Å². The molecule has 0 heterocycles. The van der Waals surface area contributed by atoms with Crippen LogP contribution in [0.2, 0.25) is 0 Å². The molecule has 4 heteroatoms. The summed E-state index contributed by atoms with van der Waals surface area (Å²) in [5, 5.41) is 6.39. The van der Waals surface area contributed by atoms with E-state index in [1.807, 2.05) is 38.1 Å². The smallest absolute Gasteiger partial charge is 0.226 e. The van der Waals surface area contributed by atoms with Crippen molar-refractivity contribution in [2.75, 3.05) is 10.6 Å². The number of amides is 1. The van der Waals surface area contributed by atoms with Crippen molar-refractivity contribution >= 4 is 17.3 Å². The number of anilines is 2. The number of hydrogen-bond acceptors (Lipinski definition) is 3. The van der Waals surface area contributed by atoms with Gasteiger partial charge in [-0.1, -0.05) is 19.9 Å². The fourth-order valence-corrected chi connectivity index (χ4v) is 2.36. The normalized spacial score (nSPS) is 22.5. The summed E-state index contributed by atoms with van der Waals surface area (Å²) in [6.45, 7) is 3.77. The third kappa shape index (κ3) is 3.96. The second-order valence-electron chi connectivity index (χ2n) is 5.64. The van der Waals surface area contributed by atoms with Gasteiger partial charge in [-0.2, -0.15) is 0 Å². The predicted octanol–water partition coefficient (Wildman–Crippen LogP) is 2.57. The SMILES string of the molecule is CC(C)C(=O)Nc1cccc(NC2CCC(N)C2)c1. The molecule has 1 saturated carbocycles. The van der Waals surface area contributed by atoms with Gasteiger partial charge in [0.1, 0.15) is 0 Å². The van der Waals surface area contributed by atoms with Crippen LogP contribution < -0.4 is 16.4 Å². The van der Waals surface area contributed by atoms with E-state index in [0.717, 1.165) is 30.6 Å². The summed E-state index contributed by atoms with van der Waals surface area (Å²) in [4.78, 5) is 11.7. The monoisotopic (exact) mass is 261 g/mol. The number of rotatable bonds is 4. The number of benzene rings is 1. The number of nitrogens with two attached hydrogens (primary N) is 1. The van der Waals surface area contributed by atoms with Gasteiger partial charge in [-0.15, -0.1) is 0 Å². The minimum absolute atomic E-state index is 0.00977. The first-order valence-corrected chi connectivity index (χ1v) is 6.97. The summed E-state index contributed by atoms with van der Waals surface area (Å²) >= 11 is 0. The number of nitrogens with one attached hydrogen (secondary N) is 2. The molecule has 0 aliphatic heterocycles. The molecule has 0 spiro atoms. The van der Waals surface area contributed by atoms with Crippen molar-refractivity contribution in [2.24, 2.45) is 11.7 Å². The van der Waals surface area contributed by atoms with Crippen LogP contribution in [0, 0.1) is 5.92 Å². The molecule has 0 radical (unpaired) electrons. The molecule has 1 fully saturated rings. The molecule has 0 saturated heterocycles. The highest BCUT2D eigenvalue weighted by Crippen LogP contribution is 2.23. The second kappa shape index (κ2) is 6.06. The van der Waals surface area contributed by atoms with Gasteiger partial charge in [-0.25, -0.2) is 0 Å². The second-order valence-corrected chi connectivity index (χ2v) is 5.64. The van der Waals surface area contributed by atoms with E-state index in [2.05, 4.69) is 10.6 Å². The maximum absolute atomic E-state index is 11.7. The van der Waals surface area contributed by atoms with E-state index in [9.17, 15) is 4.79 Å². The Morgan fingerprint density at radius 1 is 1.32 bits per heavy atom. The standard InChI is InChI=1S/C15H23N3O/c1-10(2)15(19)18-13-5-3-4-12(9-13)17-14-7-6-11(16)8-14/h3-5,9-11,14,17H,6-8,16H2,1-2H3,(H,18,19). The average molecular weight is 261 g/mol. The van der Waals surface area contributed by atoms with Crippen LogP contribution >= 0.6 is 0 Å². The molecule has 0 bridgehead atoms. The summed E-state index contributed by atoms with van der Waals surface area (Å²) in [6, 6.07) is 8.63. The predicted molar refractivity (Wildman–Crippen MR) is 79.1 cm³/mol. The van der Waals surface area contributed by atoms with Crippen LogP contribution in [0.4, 0.5) is 11.4 Å². The van der Waals surface area contributed by atoms with Crippen molar-refractivity contribution in [3.8, 4) is 0 Å². The number of hydrogen-bond donors (Lipinski definition) is 3. The minimum atomic E-state index is -0.00977. The van der Waals surface area contributed by atoms with E-state index >= 15 is 0 Å². The van der Waals surface area contributed by atoms with Crippen molar-refractivity contribution in [1.82, 2.24) is 0 Å². The van der Waals surface area contributed by atoms with Crippen molar-refractivity contribution < 1.29 is 4.79 Å². The summed E-state index contributed by atoms with van der Waals surface area (Å²) in [5.41, 5.74) is 7.79. The van der Waals surface area contributed by atoms with Crippen molar-refractivity contribution in [3.63, 3.8) is 0 Å². The first kappa shape index (κ1) is 13.9. The summed E-state index contributed by atoms with van der Waals surface area (Å²) in [7, 11) is 0. The fourth-order valence-electron chi connectivity index (χ4n) is 2.36. The summed E-state index contributed by atoms with van der Waals surface area (Å²) in [5.74, 6) is 0.0319. The minimum Gasteiger partial charge on any atom is -0.382 e. The molecule has 1 aromatic carbocycles. The summed E-state index contributed by atoms with van der Waals surface area (Å²) < 4.78 is 0. The fraction of sp³-hybridized carbons (Fsp3) is 0.533. The summed E-state index contributed by atoms with van der Waals surface area (Å²) in [6.07, 6.45) is 3.22. The lowest BCUT2D eigenvalue weighted by atomic mass is 10.2. The molecule has 4 nitrogen and oxygen atoms in total. The van der Waals surface area contributed by atoms with Gasteiger partial charge in [-0.3, -0.25) is 4.79 Å². The lowest BCUT2D eigenvalue weighted by molar-refractivity contribution is -0.118. The van der Waals surface area contributed by atoms with Gasteiger partial charge in [0.2, 0.25) is 5.91 Å². The van der Waals surface area contributed by atoms with Gasteiger partial charge in [0, 0.05) is 29.4 Å². The van der Waals surface area contributed by atoms with E-state index < -0.39 is 0 Å². The molecule has 0 aromatic heterocycles. The Morgan fingerprint density at radius 3 is 2.68 bits per heavy atom. The third-order valence-corrected chi connectivity index (χ3v) is 3.50. The molecule has 4 N–H and O–H groups in total. The molecule has 2 atom stereocenters. The Morgan fingerprint density at radius 2 is 2.05 bits per heavy atom. The largest absolute Gasteiger partial charge is 0.382 e. The molecular formula is C15H23N3O. The Balaban J connectivity index is 1.97. The van der Waals surface area contributed by atoms with E-state index in [4.69, 9.17) is 5.73 Å². The van der Waals surface area contributed by atoms with Crippen LogP contribution in [-0.2, 0) is 4.79 Å². The topological polar surface area (TPSA) is 67.2 Å². The first-order chi connectivity index (χ1) is 9.04. The van der Waals surface area contributed by atoms with Gasteiger partial charge < -0.3 is 16.4 Å². The van der Waals surface area contributed by atoms with Gasteiger partial charge in [0.15, 0.2) is 0 Å². The molecule has 2 rings (SSSR count). The lowest BCUT2D eigenvalue weighted by Gasteiger charge is -2.15. The highest BCUT2D eigenvalue weighted by molar-refractivity contribution is 5.92. The van der Waals surface area contributed by atoms with Crippen LogP contribution in [0.3, 0.4) is 0 Å². The van der Waals surface area contributed by atoms with Gasteiger partial charge in [0.25, 0.3) is 0 Å². The zero-order valence-electron chi connectivity index (χ0n) is 11.6. The Hall–Kier alpha value is -1.55. The van der Waals surface area contributed by atoms with Crippen LogP contribution in [0.15, 0.2) is 24.3 Å². The first-order valence-electron chi connectivity index (χ1n) is 6.97.